The summed E-state index contributed by atoms with van der Waals surface area (Å²) in [6.45, 7) is 0. The van der Waals surface area contributed by atoms with Crippen LogP contribution < -0.4 is 15.5 Å². The molecule has 28 heavy (non-hydrogen) atoms. The van der Waals surface area contributed by atoms with E-state index < -0.39 is 12.1 Å². The lowest BCUT2D eigenvalue weighted by atomic mass is 9.95. The normalized spacial score (nSPS) is 19.9. The second-order valence-corrected chi connectivity index (χ2v) is 7.99. The van der Waals surface area contributed by atoms with E-state index in [0.717, 1.165) is 37.4 Å². The average Bonchev–Trinajstić information content (AvgIpc) is 2.63. The lowest BCUT2D eigenvalue weighted by molar-refractivity contribution is -0.274. The summed E-state index contributed by atoms with van der Waals surface area (Å²) in [5.74, 6) is -0.506. The Morgan fingerprint density at radius 2 is 1.86 bits per heavy atom. The van der Waals surface area contributed by atoms with Crippen molar-refractivity contribution < 1.29 is 17.9 Å². The fourth-order valence-electron chi connectivity index (χ4n) is 3.18. The molecule has 1 fully saturated rings. The standard InChI is InChI=1S/C19H20BrF3N4O/c20-13-4-6-14(7-5-13)26-15-8-9-17(24)27(11-15)18(25)12-2-1-3-16(10-12)28-19(21,22)23/h1-3,8-11,13-14,24-26H,4-7H2/t13-,14+. The summed E-state index contributed by atoms with van der Waals surface area (Å²) < 4.78 is 42.6. The number of ether oxygens (including phenoxy) is 1. The molecule has 1 aliphatic carbocycles. The second kappa shape index (κ2) is 8.38. The zero-order valence-electron chi connectivity index (χ0n) is 14.9. The minimum atomic E-state index is -4.80. The van der Waals surface area contributed by atoms with Gasteiger partial charge in [0.15, 0.2) is 0 Å². The van der Waals surface area contributed by atoms with E-state index >= 15 is 0 Å². The van der Waals surface area contributed by atoms with Crippen LogP contribution in [-0.4, -0.2) is 27.6 Å². The first-order valence-corrected chi connectivity index (χ1v) is 9.76. The fourth-order valence-corrected chi connectivity index (χ4v) is 3.71. The summed E-state index contributed by atoms with van der Waals surface area (Å²) in [5, 5.41) is 19.8. The van der Waals surface area contributed by atoms with Gasteiger partial charge in [0.25, 0.3) is 0 Å². The van der Waals surface area contributed by atoms with Gasteiger partial charge in [-0.3, -0.25) is 15.4 Å². The Kier molecular flexibility index (Phi) is 6.12. The van der Waals surface area contributed by atoms with E-state index in [0.29, 0.717) is 10.9 Å². The maximum absolute atomic E-state index is 12.4. The van der Waals surface area contributed by atoms with Gasteiger partial charge in [0.2, 0.25) is 0 Å². The van der Waals surface area contributed by atoms with Crippen LogP contribution in [0.2, 0.25) is 0 Å². The molecule has 3 rings (SSSR count). The van der Waals surface area contributed by atoms with Crippen molar-refractivity contribution in [2.24, 2.45) is 0 Å². The summed E-state index contributed by atoms with van der Waals surface area (Å²) in [6, 6.07) is 8.86. The van der Waals surface area contributed by atoms with E-state index in [4.69, 9.17) is 10.8 Å². The van der Waals surface area contributed by atoms with Crippen molar-refractivity contribution >= 4 is 27.5 Å². The molecule has 150 valence electrons. The Balaban J connectivity index is 1.80. The van der Waals surface area contributed by atoms with E-state index in [2.05, 4.69) is 26.0 Å². The monoisotopic (exact) mass is 456 g/mol. The van der Waals surface area contributed by atoms with Gasteiger partial charge in [0, 0.05) is 22.6 Å². The number of pyridine rings is 1. The first-order valence-electron chi connectivity index (χ1n) is 8.84. The number of rotatable bonds is 4. The minimum Gasteiger partial charge on any atom is -0.406 e. The first kappa shape index (κ1) is 20.4. The predicted molar refractivity (Wildman–Crippen MR) is 104 cm³/mol. The number of hydrogen-bond donors (Lipinski definition) is 3. The molecule has 0 radical (unpaired) electrons. The van der Waals surface area contributed by atoms with Gasteiger partial charge in [-0.25, -0.2) is 0 Å². The van der Waals surface area contributed by atoms with E-state index in [1.54, 1.807) is 18.3 Å². The molecule has 1 aromatic heterocycles. The molecule has 3 N–H and O–H groups in total. The number of halogens is 4. The molecule has 1 aliphatic rings. The first-order chi connectivity index (χ1) is 13.2. The number of benzene rings is 1. The van der Waals surface area contributed by atoms with Gasteiger partial charge >= 0.3 is 6.36 Å². The molecule has 0 aliphatic heterocycles. The number of nitrogens with zero attached hydrogens (tertiary/aromatic N) is 1. The Hall–Kier alpha value is -2.29. The third-order valence-corrected chi connectivity index (χ3v) is 5.47. The molecule has 0 amide bonds. The predicted octanol–water partition coefficient (Wildman–Crippen LogP) is 4.86. The van der Waals surface area contributed by atoms with Crippen LogP contribution in [0.5, 0.6) is 5.75 Å². The molecule has 5 nitrogen and oxygen atoms in total. The van der Waals surface area contributed by atoms with Crippen LogP contribution in [0.3, 0.4) is 0 Å². The molecule has 2 aromatic rings. The van der Waals surface area contributed by atoms with Crippen LogP contribution >= 0.6 is 15.9 Å². The lowest BCUT2D eigenvalue weighted by Crippen LogP contribution is -2.29. The van der Waals surface area contributed by atoms with Crippen molar-refractivity contribution in [3.8, 4) is 5.75 Å². The van der Waals surface area contributed by atoms with Gasteiger partial charge in [-0.2, -0.15) is 0 Å². The molecular formula is C19H20BrF3N4O. The molecule has 9 heteroatoms. The van der Waals surface area contributed by atoms with Crippen molar-refractivity contribution in [3.05, 3.63) is 53.6 Å². The average molecular weight is 457 g/mol. The quantitative estimate of drug-likeness (QED) is 0.349. The minimum absolute atomic E-state index is 0.0573. The molecule has 0 bridgehead atoms. The summed E-state index contributed by atoms with van der Waals surface area (Å²) in [4.78, 5) is 0.547. The maximum atomic E-state index is 12.4. The molecule has 0 spiro atoms. The summed E-state index contributed by atoms with van der Waals surface area (Å²) in [5.41, 5.74) is 1.04. The van der Waals surface area contributed by atoms with Crippen LogP contribution in [0.25, 0.3) is 0 Å². The lowest BCUT2D eigenvalue weighted by Gasteiger charge is -2.27. The Bertz CT molecular complexity index is 905. The van der Waals surface area contributed by atoms with Gasteiger partial charge in [-0.05, 0) is 49.9 Å². The molecule has 1 saturated carbocycles. The molecule has 1 heterocycles. The Morgan fingerprint density at radius 3 is 2.54 bits per heavy atom. The SMILES string of the molecule is N=C(c1cccc(OC(F)(F)F)c1)n1cc(N[C@H]2CC[C@@H](Br)CC2)ccc1=N. The topological polar surface area (TPSA) is 73.9 Å². The number of alkyl halides is 4. The molecule has 0 unspecified atom stereocenters. The summed E-state index contributed by atoms with van der Waals surface area (Å²) >= 11 is 3.63. The Morgan fingerprint density at radius 1 is 1.14 bits per heavy atom. The van der Waals surface area contributed by atoms with Gasteiger partial charge in [-0.1, -0.05) is 28.1 Å². The highest BCUT2D eigenvalue weighted by Gasteiger charge is 2.31. The maximum Gasteiger partial charge on any atom is 0.573 e. The molecule has 1 aromatic carbocycles. The van der Waals surface area contributed by atoms with Crippen molar-refractivity contribution in [3.63, 3.8) is 0 Å². The third kappa shape index (κ3) is 5.37. The highest BCUT2D eigenvalue weighted by molar-refractivity contribution is 9.09. The molecular weight excluding hydrogens is 437 g/mol. The van der Waals surface area contributed by atoms with Gasteiger partial charge in [-0.15, -0.1) is 13.2 Å². The molecule has 0 saturated heterocycles. The van der Waals surface area contributed by atoms with Crippen molar-refractivity contribution in [1.82, 2.24) is 4.57 Å². The van der Waals surface area contributed by atoms with E-state index in [1.165, 1.54) is 22.8 Å². The number of anilines is 1. The number of hydrogen-bond acceptors (Lipinski definition) is 4. The molecule has 0 atom stereocenters. The van der Waals surface area contributed by atoms with Crippen LogP contribution in [0.1, 0.15) is 31.2 Å². The summed E-state index contributed by atoms with van der Waals surface area (Å²) in [6.07, 6.45) is 1.03. The second-order valence-electron chi connectivity index (χ2n) is 6.69. The highest BCUT2D eigenvalue weighted by Crippen LogP contribution is 2.27. The van der Waals surface area contributed by atoms with Gasteiger partial charge in [0.1, 0.15) is 17.1 Å². The number of aromatic nitrogens is 1. The van der Waals surface area contributed by atoms with Crippen LogP contribution in [0, 0.1) is 10.8 Å². The van der Waals surface area contributed by atoms with Crippen molar-refractivity contribution in [1.29, 1.82) is 10.8 Å². The van der Waals surface area contributed by atoms with Gasteiger partial charge < -0.3 is 10.1 Å². The van der Waals surface area contributed by atoms with Gasteiger partial charge in [0.05, 0.1) is 5.69 Å². The zero-order valence-corrected chi connectivity index (χ0v) is 16.5. The third-order valence-electron chi connectivity index (χ3n) is 4.56. The van der Waals surface area contributed by atoms with Crippen LogP contribution in [0.15, 0.2) is 42.6 Å². The van der Waals surface area contributed by atoms with Crippen LogP contribution in [0.4, 0.5) is 18.9 Å². The Labute approximate surface area is 168 Å². The van der Waals surface area contributed by atoms with Crippen molar-refractivity contribution in [2.75, 3.05) is 5.32 Å². The highest BCUT2D eigenvalue weighted by atomic mass is 79.9. The fraction of sp³-hybridized carbons (Fsp3) is 0.368. The van der Waals surface area contributed by atoms with E-state index in [-0.39, 0.29) is 16.9 Å². The van der Waals surface area contributed by atoms with E-state index in [9.17, 15) is 13.2 Å². The van der Waals surface area contributed by atoms with Crippen molar-refractivity contribution in [2.45, 2.75) is 42.9 Å². The zero-order chi connectivity index (χ0) is 20.3. The smallest absolute Gasteiger partial charge is 0.406 e. The van der Waals surface area contributed by atoms with E-state index in [1.807, 2.05) is 0 Å². The van der Waals surface area contributed by atoms with Crippen LogP contribution in [-0.2, 0) is 0 Å². The number of nitrogens with one attached hydrogen (secondary N) is 3. The summed E-state index contributed by atoms with van der Waals surface area (Å²) in [7, 11) is 0. The largest absolute Gasteiger partial charge is 0.573 e.